The van der Waals surface area contributed by atoms with Crippen LogP contribution in [0.1, 0.15) is 19.7 Å². The summed E-state index contributed by atoms with van der Waals surface area (Å²) in [4.78, 5) is 15.7. The number of carbonyl (C=O) groups excluding carboxylic acids is 1. The van der Waals surface area contributed by atoms with Gasteiger partial charge >= 0.3 is 0 Å². The van der Waals surface area contributed by atoms with E-state index < -0.39 is 0 Å². The minimum atomic E-state index is -0.00328. The lowest BCUT2D eigenvalue weighted by atomic mass is 10.2. The summed E-state index contributed by atoms with van der Waals surface area (Å²) in [5.74, 6) is 1.16. The molecule has 96 valence electrons. The summed E-state index contributed by atoms with van der Waals surface area (Å²) >= 11 is 0. The van der Waals surface area contributed by atoms with Gasteiger partial charge in [-0.1, -0.05) is 13.8 Å². The molecule has 6 nitrogen and oxygen atoms in total. The number of hydrogen-bond donors (Lipinski definition) is 1. The highest BCUT2D eigenvalue weighted by atomic mass is 16.5. The first kappa shape index (κ1) is 13.8. The first-order valence-corrected chi connectivity index (χ1v) is 5.79. The van der Waals surface area contributed by atoms with Gasteiger partial charge in [-0.3, -0.25) is 4.79 Å². The van der Waals surface area contributed by atoms with E-state index in [4.69, 9.17) is 10.5 Å². The molecule has 2 N–H and O–H groups in total. The molecule has 0 atom stereocenters. The maximum absolute atomic E-state index is 11.6. The molecule has 0 aromatic carbocycles. The Bertz CT molecular complexity index is 349. The third-order valence-corrected chi connectivity index (χ3v) is 2.11. The smallest absolute Gasteiger partial charge is 0.166 e. The molecule has 17 heavy (non-hydrogen) atoms. The molecule has 0 aliphatic carbocycles. The molecule has 1 aromatic heterocycles. The topological polar surface area (TPSA) is 83.0 Å². The predicted molar refractivity (Wildman–Crippen MR) is 63.4 cm³/mol. The van der Waals surface area contributed by atoms with Crippen molar-refractivity contribution < 1.29 is 9.53 Å². The Morgan fingerprint density at radius 3 is 3.00 bits per heavy atom. The fourth-order valence-corrected chi connectivity index (χ4v) is 1.42. The SMILES string of the molecule is CC(C)Cn1ncnc1CC(=O)COCCN. The number of rotatable bonds is 8. The van der Waals surface area contributed by atoms with Crippen molar-refractivity contribution in [2.45, 2.75) is 26.8 Å². The van der Waals surface area contributed by atoms with Crippen molar-refractivity contribution in [1.29, 1.82) is 0 Å². The van der Waals surface area contributed by atoms with Crippen LogP contribution < -0.4 is 5.73 Å². The van der Waals surface area contributed by atoms with Crippen LogP contribution in [0.25, 0.3) is 0 Å². The summed E-state index contributed by atoms with van der Waals surface area (Å²) in [6.45, 7) is 5.88. The average molecular weight is 240 g/mol. The molecule has 0 saturated carbocycles. The second-order valence-corrected chi connectivity index (χ2v) is 4.31. The zero-order valence-electron chi connectivity index (χ0n) is 10.4. The van der Waals surface area contributed by atoms with Crippen LogP contribution >= 0.6 is 0 Å². The van der Waals surface area contributed by atoms with Gasteiger partial charge in [-0.25, -0.2) is 9.67 Å². The van der Waals surface area contributed by atoms with Crippen LogP contribution in [0.2, 0.25) is 0 Å². The van der Waals surface area contributed by atoms with Crippen molar-refractivity contribution in [3.63, 3.8) is 0 Å². The first-order chi connectivity index (χ1) is 8.13. The number of ether oxygens (including phenoxy) is 1. The van der Waals surface area contributed by atoms with E-state index in [-0.39, 0.29) is 18.8 Å². The lowest BCUT2D eigenvalue weighted by Gasteiger charge is -2.08. The van der Waals surface area contributed by atoms with Crippen LogP contribution in [0.5, 0.6) is 0 Å². The number of nitrogens with zero attached hydrogens (tertiary/aromatic N) is 3. The van der Waals surface area contributed by atoms with E-state index in [1.807, 2.05) is 0 Å². The van der Waals surface area contributed by atoms with Crippen molar-refractivity contribution in [2.75, 3.05) is 19.8 Å². The highest BCUT2D eigenvalue weighted by Crippen LogP contribution is 2.02. The van der Waals surface area contributed by atoms with Crippen molar-refractivity contribution in [1.82, 2.24) is 14.8 Å². The quantitative estimate of drug-likeness (QED) is 0.648. The Balaban J connectivity index is 2.44. The first-order valence-electron chi connectivity index (χ1n) is 5.79. The Hall–Kier alpha value is -1.27. The molecule has 0 radical (unpaired) electrons. The van der Waals surface area contributed by atoms with Crippen LogP contribution in [-0.2, 0) is 22.5 Å². The van der Waals surface area contributed by atoms with E-state index in [1.165, 1.54) is 6.33 Å². The lowest BCUT2D eigenvalue weighted by Crippen LogP contribution is -2.19. The number of nitrogens with two attached hydrogens (primary N) is 1. The zero-order chi connectivity index (χ0) is 12.7. The van der Waals surface area contributed by atoms with E-state index in [1.54, 1.807) is 4.68 Å². The Labute approximate surface area is 101 Å². The Morgan fingerprint density at radius 2 is 2.35 bits per heavy atom. The van der Waals surface area contributed by atoms with Crippen LogP contribution in [0.15, 0.2) is 6.33 Å². The van der Waals surface area contributed by atoms with Crippen LogP contribution in [0.4, 0.5) is 0 Å². The zero-order valence-corrected chi connectivity index (χ0v) is 10.4. The minimum Gasteiger partial charge on any atom is -0.372 e. The maximum Gasteiger partial charge on any atom is 0.166 e. The van der Waals surface area contributed by atoms with E-state index in [0.29, 0.717) is 24.9 Å². The standard InChI is InChI=1S/C11H20N4O2/c1-9(2)6-15-11(13-8-14-15)5-10(16)7-17-4-3-12/h8-9H,3-7,12H2,1-2H3. The number of aromatic nitrogens is 3. The predicted octanol–water partition coefficient (Wildman–Crippen LogP) is 0.0210. The van der Waals surface area contributed by atoms with Gasteiger partial charge in [-0.05, 0) is 5.92 Å². The van der Waals surface area contributed by atoms with Gasteiger partial charge in [0, 0.05) is 13.1 Å². The third kappa shape index (κ3) is 5.06. The lowest BCUT2D eigenvalue weighted by molar-refractivity contribution is -0.123. The summed E-state index contributed by atoms with van der Waals surface area (Å²) in [5, 5.41) is 4.10. The molecule has 0 bridgehead atoms. The largest absolute Gasteiger partial charge is 0.372 e. The molecule has 0 saturated heterocycles. The molecule has 0 aliphatic heterocycles. The van der Waals surface area contributed by atoms with Gasteiger partial charge < -0.3 is 10.5 Å². The molecular formula is C11H20N4O2. The molecule has 0 amide bonds. The van der Waals surface area contributed by atoms with Gasteiger partial charge in [0.2, 0.25) is 0 Å². The van der Waals surface area contributed by atoms with Crippen LogP contribution in [0, 0.1) is 5.92 Å². The van der Waals surface area contributed by atoms with E-state index >= 15 is 0 Å². The summed E-state index contributed by atoms with van der Waals surface area (Å²) in [7, 11) is 0. The molecule has 1 rings (SSSR count). The van der Waals surface area contributed by atoms with Gasteiger partial charge in [-0.2, -0.15) is 5.10 Å². The van der Waals surface area contributed by atoms with Crippen LogP contribution in [-0.4, -0.2) is 40.3 Å². The van der Waals surface area contributed by atoms with Crippen molar-refractivity contribution in [3.05, 3.63) is 12.2 Å². The second kappa shape index (κ2) is 7.13. The Kier molecular flexibility index (Phi) is 5.79. The molecule has 1 aromatic rings. The van der Waals surface area contributed by atoms with E-state index in [0.717, 1.165) is 6.54 Å². The summed E-state index contributed by atoms with van der Waals surface area (Å²) in [6, 6.07) is 0. The number of hydrogen-bond acceptors (Lipinski definition) is 5. The molecule has 0 spiro atoms. The Morgan fingerprint density at radius 1 is 1.59 bits per heavy atom. The summed E-state index contributed by atoms with van der Waals surface area (Å²) < 4.78 is 6.85. The normalized spacial score (nSPS) is 11.1. The number of ketones is 1. The van der Waals surface area contributed by atoms with E-state index in [9.17, 15) is 4.79 Å². The average Bonchev–Trinajstić information content (AvgIpc) is 2.65. The summed E-state index contributed by atoms with van der Waals surface area (Å²) in [5.41, 5.74) is 5.27. The molecule has 0 unspecified atom stereocenters. The molecule has 6 heteroatoms. The third-order valence-electron chi connectivity index (χ3n) is 2.11. The fraction of sp³-hybridized carbons (Fsp3) is 0.727. The van der Waals surface area contributed by atoms with Crippen LogP contribution in [0.3, 0.4) is 0 Å². The molecular weight excluding hydrogens is 220 g/mol. The van der Waals surface area contributed by atoms with Crippen molar-refractivity contribution >= 4 is 5.78 Å². The highest BCUT2D eigenvalue weighted by molar-refractivity contribution is 5.81. The number of carbonyl (C=O) groups is 1. The van der Waals surface area contributed by atoms with Crippen molar-refractivity contribution in [3.8, 4) is 0 Å². The second-order valence-electron chi connectivity index (χ2n) is 4.31. The molecule has 0 aliphatic rings. The molecule has 1 heterocycles. The summed E-state index contributed by atoms with van der Waals surface area (Å²) in [6.07, 6.45) is 1.74. The number of Topliss-reactive ketones (excluding diaryl/α,β-unsaturated/α-hetero) is 1. The fourth-order valence-electron chi connectivity index (χ4n) is 1.42. The van der Waals surface area contributed by atoms with Gasteiger partial charge in [-0.15, -0.1) is 0 Å². The molecule has 0 fully saturated rings. The van der Waals surface area contributed by atoms with Gasteiger partial charge in [0.15, 0.2) is 5.78 Å². The van der Waals surface area contributed by atoms with E-state index in [2.05, 4.69) is 23.9 Å². The van der Waals surface area contributed by atoms with Gasteiger partial charge in [0.25, 0.3) is 0 Å². The van der Waals surface area contributed by atoms with Gasteiger partial charge in [0.1, 0.15) is 18.8 Å². The monoisotopic (exact) mass is 240 g/mol. The highest BCUT2D eigenvalue weighted by Gasteiger charge is 2.11. The minimum absolute atomic E-state index is 0.00328. The maximum atomic E-state index is 11.6. The van der Waals surface area contributed by atoms with Gasteiger partial charge in [0.05, 0.1) is 13.0 Å². The van der Waals surface area contributed by atoms with Crippen molar-refractivity contribution in [2.24, 2.45) is 11.7 Å².